The molecule has 0 aliphatic carbocycles. The van der Waals surface area contributed by atoms with E-state index >= 15 is 0 Å². The lowest BCUT2D eigenvalue weighted by molar-refractivity contribution is 0.0895. The molecule has 17 heavy (non-hydrogen) atoms. The van der Waals surface area contributed by atoms with Crippen LogP contribution in [0.5, 0.6) is 0 Å². The third kappa shape index (κ3) is 4.75. The number of hydrogen-bond donors (Lipinski definition) is 1. The van der Waals surface area contributed by atoms with Gasteiger partial charge in [0.15, 0.2) is 0 Å². The van der Waals surface area contributed by atoms with Gasteiger partial charge in [0.1, 0.15) is 0 Å². The molecule has 1 atom stereocenters. The summed E-state index contributed by atoms with van der Waals surface area (Å²) in [6, 6.07) is 7.43. The number of halogens is 1. The fraction of sp³-hybridized carbons (Fsp3) is 0.462. The summed E-state index contributed by atoms with van der Waals surface area (Å²) in [5, 5.41) is 2.91. The van der Waals surface area contributed by atoms with Crippen LogP contribution in [-0.2, 0) is 4.74 Å². The molecule has 4 heteroatoms. The van der Waals surface area contributed by atoms with Gasteiger partial charge in [0.05, 0.1) is 12.6 Å². The highest BCUT2D eigenvalue weighted by molar-refractivity contribution is 6.17. The zero-order chi connectivity index (χ0) is 12.7. The molecule has 0 spiro atoms. The van der Waals surface area contributed by atoms with Gasteiger partial charge in [-0.15, -0.1) is 11.6 Å². The van der Waals surface area contributed by atoms with Crippen LogP contribution in [-0.4, -0.2) is 31.5 Å². The van der Waals surface area contributed by atoms with Crippen LogP contribution in [0.25, 0.3) is 0 Å². The SMILES string of the molecule is COCC(CCCl)NC(=O)c1ccc(C)cc1. The average molecular weight is 256 g/mol. The predicted molar refractivity (Wildman–Crippen MR) is 69.6 cm³/mol. The molecular formula is C13H18ClNO2. The number of carbonyl (C=O) groups excluding carboxylic acids is 1. The quantitative estimate of drug-likeness (QED) is 0.793. The molecular weight excluding hydrogens is 238 g/mol. The van der Waals surface area contributed by atoms with E-state index < -0.39 is 0 Å². The normalized spacial score (nSPS) is 12.2. The molecule has 0 bridgehead atoms. The molecule has 1 N–H and O–H groups in total. The first-order valence-electron chi connectivity index (χ1n) is 5.59. The minimum absolute atomic E-state index is 0.0358. The second-order valence-electron chi connectivity index (χ2n) is 3.97. The van der Waals surface area contributed by atoms with Crippen LogP contribution >= 0.6 is 11.6 Å². The van der Waals surface area contributed by atoms with Gasteiger partial charge in [-0.25, -0.2) is 0 Å². The Labute approximate surface area is 107 Å². The Morgan fingerprint density at radius 1 is 1.41 bits per heavy atom. The Balaban J connectivity index is 2.60. The first kappa shape index (κ1) is 14.0. The van der Waals surface area contributed by atoms with Crippen LogP contribution in [0.4, 0.5) is 0 Å². The molecule has 0 radical (unpaired) electrons. The standard InChI is InChI=1S/C13H18ClNO2/c1-10-3-5-11(6-4-10)13(16)15-12(7-8-14)9-17-2/h3-6,12H,7-9H2,1-2H3,(H,15,16). The highest BCUT2D eigenvalue weighted by Gasteiger charge is 2.12. The Hall–Kier alpha value is -1.06. The fourth-order valence-electron chi connectivity index (χ4n) is 1.50. The van der Waals surface area contributed by atoms with Crippen LogP contribution in [0.3, 0.4) is 0 Å². The molecule has 1 aromatic carbocycles. The monoisotopic (exact) mass is 255 g/mol. The molecule has 0 fully saturated rings. The summed E-state index contributed by atoms with van der Waals surface area (Å²) in [6.45, 7) is 2.47. The molecule has 0 aliphatic heterocycles. The molecule has 0 aromatic heterocycles. The molecule has 0 saturated heterocycles. The third-order valence-electron chi connectivity index (χ3n) is 2.47. The van der Waals surface area contributed by atoms with E-state index in [0.29, 0.717) is 24.5 Å². The Morgan fingerprint density at radius 2 is 2.06 bits per heavy atom. The van der Waals surface area contributed by atoms with E-state index in [4.69, 9.17) is 16.3 Å². The molecule has 3 nitrogen and oxygen atoms in total. The number of methoxy groups -OCH3 is 1. The Morgan fingerprint density at radius 3 is 2.59 bits per heavy atom. The maximum absolute atomic E-state index is 11.9. The van der Waals surface area contributed by atoms with Gasteiger partial charge in [0.25, 0.3) is 5.91 Å². The van der Waals surface area contributed by atoms with Crippen molar-refractivity contribution in [3.8, 4) is 0 Å². The van der Waals surface area contributed by atoms with Gasteiger partial charge in [-0.3, -0.25) is 4.79 Å². The van der Waals surface area contributed by atoms with Crippen LogP contribution in [0.2, 0.25) is 0 Å². The number of alkyl halides is 1. The summed E-state index contributed by atoms with van der Waals surface area (Å²) < 4.78 is 5.04. The van der Waals surface area contributed by atoms with Gasteiger partial charge < -0.3 is 10.1 Å². The fourth-order valence-corrected chi connectivity index (χ4v) is 1.77. The summed E-state index contributed by atoms with van der Waals surface area (Å²) in [4.78, 5) is 11.9. The van der Waals surface area contributed by atoms with E-state index in [9.17, 15) is 4.79 Å². The minimum Gasteiger partial charge on any atom is -0.383 e. The molecule has 0 aliphatic rings. The highest BCUT2D eigenvalue weighted by Crippen LogP contribution is 2.04. The smallest absolute Gasteiger partial charge is 0.251 e. The van der Waals surface area contributed by atoms with Gasteiger partial charge in [-0.1, -0.05) is 17.7 Å². The topological polar surface area (TPSA) is 38.3 Å². The van der Waals surface area contributed by atoms with Crippen LogP contribution in [0.1, 0.15) is 22.3 Å². The van der Waals surface area contributed by atoms with Crippen LogP contribution < -0.4 is 5.32 Å². The van der Waals surface area contributed by atoms with E-state index in [1.165, 1.54) is 0 Å². The number of hydrogen-bond acceptors (Lipinski definition) is 2. The largest absolute Gasteiger partial charge is 0.383 e. The van der Waals surface area contributed by atoms with Crippen molar-refractivity contribution in [2.45, 2.75) is 19.4 Å². The van der Waals surface area contributed by atoms with Crippen LogP contribution in [0, 0.1) is 6.92 Å². The van der Waals surface area contributed by atoms with E-state index in [2.05, 4.69) is 5.32 Å². The first-order chi connectivity index (χ1) is 8.17. The van der Waals surface area contributed by atoms with Gasteiger partial charge in [-0.05, 0) is 25.5 Å². The lowest BCUT2D eigenvalue weighted by Crippen LogP contribution is -2.38. The number of rotatable bonds is 6. The number of aryl methyl sites for hydroxylation is 1. The maximum atomic E-state index is 11.9. The Bertz CT molecular complexity index is 345. The van der Waals surface area contributed by atoms with E-state index in [1.54, 1.807) is 7.11 Å². The van der Waals surface area contributed by atoms with Crippen molar-refractivity contribution in [1.29, 1.82) is 0 Å². The Kier molecular flexibility index (Phi) is 6.01. The highest BCUT2D eigenvalue weighted by atomic mass is 35.5. The van der Waals surface area contributed by atoms with Crippen molar-refractivity contribution in [1.82, 2.24) is 5.32 Å². The van der Waals surface area contributed by atoms with Gasteiger partial charge in [0, 0.05) is 18.6 Å². The average Bonchev–Trinajstić information content (AvgIpc) is 2.30. The minimum atomic E-state index is -0.0860. The molecule has 1 amide bonds. The number of benzene rings is 1. The number of ether oxygens (including phenoxy) is 1. The molecule has 94 valence electrons. The number of nitrogens with one attached hydrogen (secondary N) is 1. The molecule has 1 unspecified atom stereocenters. The molecule has 1 aromatic rings. The van der Waals surface area contributed by atoms with Crippen molar-refractivity contribution in [2.24, 2.45) is 0 Å². The second kappa shape index (κ2) is 7.30. The zero-order valence-electron chi connectivity index (χ0n) is 10.2. The second-order valence-corrected chi connectivity index (χ2v) is 4.35. The lowest BCUT2D eigenvalue weighted by Gasteiger charge is -2.16. The number of amides is 1. The maximum Gasteiger partial charge on any atom is 0.251 e. The predicted octanol–water partition coefficient (Wildman–Crippen LogP) is 2.37. The summed E-state index contributed by atoms with van der Waals surface area (Å²) >= 11 is 5.68. The van der Waals surface area contributed by atoms with E-state index in [0.717, 1.165) is 5.56 Å². The van der Waals surface area contributed by atoms with Crippen molar-refractivity contribution in [3.63, 3.8) is 0 Å². The van der Waals surface area contributed by atoms with Crippen molar-refractivity contribution in [2.75, 3.05) is 19.6 Å². The lowest BCUT2D eigenvalue weighted by atomic mass is 10.1. The number of carbonyl (C=O) groups is 1. The van der Waals surface area contributed by atoms with E-state index in [1.807, 2.05) is 31.2 Å². The van der Waals surface area contributed by atoms with Crippen molar-refractivity contribution in [3.05, 3.63) is 35.4 Å². The zero-order valence-corrected chi connectivity index (χ0v) is 11.0. The summed E-state index contributed by atoms with van der Waals surface area (Å²) in [7, 11) is 1.61. The summed E-state index contributed by atoms with van der Waals surface area (Å²) in [6.07, 6.45) is 0.701. The third-order valence-corrected chi connectivity index (χ3v) is 2.69. The van der Waals surface area contributed by atoms with Crippen molar-refractivity contribution < 1.29 is 9.53 Å². The van der Waals surface area contributed by atoms with E-state index in [-0.39, 0.29) is 11.9 Å². The first-order valence-corrected chi connectivity index (χ1v) is 6.13. The van der Waals surface area contributed by atoms with Gasteiger partial charge in [0.2, 0.25) is 0 Å². The summed E-state index contributed by atoms with van der Waals surface area (Å²) in [5.41, 5.74) is 1.79. The van der Waals surface area contributed by atoms with Gasteiger partial charge >= 0.3 is 0 Å². The summed E-state index contributed by atoms with van der Waals surface area (Å²) in [5.74, 6) is 0.416. The van der Waals surface area contributed by atoms with Gasteiger partial charge in [-0.2, -0.15) is 0 Å². The van der Waals surface area contributed by atoms with Crippen molar-refractivity contribution >= 4 is 17.5 Å². The van der Waals surface area contributed by atoms with Crippen LogP contribution in [0.15, 0.2) is 24.3 Å². The molecule has 1 rings (SSSR count). The molecule has 0 heterocycles. The molecule has 0 saturated carbocycles.